The van der Waals surface area contributed by atoms with Crippen LogP contribution in [0.5, 0.6) is 0 Å². The van der Waals surface area contributed by atoms with Crippen molar-refractivity contribution >= 4 is 38.5 Å². The third-order valence-corrected chi connectivity index (χ3v) is 3.88. The number of benzene rings is 4. The summed E-state index contributed by atoms with van der Waals surface area (Å²) in [7, 11) is 1.51. The summed E-state index contributed by atoms with van der Waals surface area (Å²) >= 11 is 0. The minimum absolute atomic E-state index is 0.853. The molecule has 4 aromatic carbocycles. The monoisotopic (exact) mass is 259 g/mol. The Morgan fingerprint density at radius 3 is 2.10 bits per heavy atom. The van der Waals surface area contributed by atoms with E-state index in [1.165, 1.54) is 34.0 Å². The van der Waals surface area contributed by atoms with Gasteiger partial charge in [0.1, 0.15) is 7.05 Å². The first-order chi connectivity index (χ1) is 9.74. The Kier molecular flexibility index (Phi) is 2.21. The van der Waals surface area contributed by atoms with Crippen molar-refractivity contribution in [2.75, 3.05) is 7.05 Å². The standard InChI is InChI=1S/C18H13NO/c1-19(20)11-15-8-7-14-6-5-12-3-2-4-13-9-10-16(15)18(14)17(12)13/h2-11H,1H3/b19-11-. The summed E-state index contributed by atoms with van der Waals surface area (Å²) < 4.78 is 0.853. The topological polar surface area (TPSA) is 26.1 Å². The van der Waals surface area contributed by atoms with E-state index in [4.69, 9.17) is 0 Å². The molecule has 0 bridgehead atoms. The fraction of sp³-hybridized carbons (Fsp3) is 0.0556. The zero-order valence-electron chi connectivity index (χ0n) is 11.1. The van der Waals surface area contributed by atoms with Crippen molar-refractivity contribution in [1.29, 1.82) is 0 Å². The quantitative estimate of drug-likeness (QED) is 0.166. The summed E-state index contributed by atoms with van der Waals surface area (Å²) in [6, 6.07) is 19.0. The van der Waals surface area contributed by atoms with E-state index < -0.39 is 0 Å². The second-order valence-corrected chi connectivity index (χ2v) is 5.19. The molecule has 0 aliphatic carbocycles. The van der Waals surface area contributed by atoms with Crippen LogP contribution >= 0.6 is 0 Å². The summed E-state index contributed by atoms with van der Waals surface area (Å²) in [5.41, 5.74) is 0.966. The molecule has 0 aliphatic rings. The maximum atomic E-state index is 11.3. The van der Waals surface area contributed by atoms with Gasteiger partial charge in [0.25, 0.3) is 0 Å². The van der Waals surface area contributed by atoms with Crippen molar-refractivity contribution in [2.45, 2.75) is 0 Å². The number of hydrogen-bond donors (Lipinski definition) is 0. The third kappa shape index (κ3) is 1.48. The van der Waals surface area contributed by atoms with Gasteiger partial charge in [0, 0.05) is 5.56 Å². The lowest BCUT2D eigenvalue weighted by molar-refractivity contribution is -0.416. The zero-order valence-corrected chi connectivity index (χ0v) is 11.1. The zero-order chi connectivity index (χ0) is 13.7. The first-order valence-electron chi connectivity index (χ1n) is 6.65. The second kappa shape index (κ2) is 3.94. The molecule has 96 valence electrons. The lowest BCUT2D eigenvalue weighted by atomic mass is 9.92. The minimum Gasteiger partial charge on any atom is -0.624 e. The Morgan fingerprint density at radius 2 is 1.40 bits per heavy atom. The average molecular weight is 259 g/mol. The Hall–Kier alpha value is -2.61. The van der Waals surface area contributed by atoms with Gasteiger partial charge in [-0.1, -0.05) is 48.5 Å². The minimum atomic E-state index is 0.853. The number of hydroxylamine groups is 1. The van der Waals surface area contributed by atoms with E-state index in [9.17, 15) is 5.21 Å². The third-order valence-electron chi connectivity index (χ3n) is 3.88. The molecule has 0 spiro atoms. The van der Waals surface area contributed by atoms with E-state index in [1.54, 1.807) is 6.21 Å². The summed E-state index contributed by atoms with van der Waals surface area (Å²) in [6.07, 6.45) is 1.63. The van der Waals surface area contributed by atoms with E-state index in [1.807, 2.05) is 6.07 Å². The molecule has 4 aromatic rings. The van der Waals surface area contributed by atoms with Crippen LogP contribution in [0.2, 0.25) is 0 Å². The van der Waals surface area contributed by atoms with Crippen molar-refractivity contribution < 1.29 is 4.74 Å². The fourth-order valence-electron chi connectivity index (χ4n) is 3.07. The predicted molar refractivity (Wildman–Crippen MR) is 84.9 cm³/mol. The molecule has 0 saturated heterocycles. The van der Waals surface area contributed by atoms with Crippen LogP contribution in [0, 0.1) is 5.21 Å². The smallest absolute Gasteiger partial charge is 0.182 e. The summed E-state index contributed by atoms with van der Waals surface area (Å²) in [4.78, 5) is 0. The second-order valence-electron chi connectivity index (χ2n) is 5.19. The van der Waals surface area contributed by atoms with Gasteiger partial charge in [-0.15, -0.1) is 0 Å². The summed E-state index contributed by atoms with van der Waals surface area (Å²) in [6.45, 7) is 0. The van der Waals surface area contributed by atoms with Gasteiger partial charge in [0.15, 0.2) is 6.21 Å². The van der Waals surface area contributed by atoms with Gasteiger partial charge >= 0.3 is 0 Å². The molecule has 0 unspecified atom stereocenters. The molecule has 0 fully saturated rings. The summed E-state index contributed by atoms with van der Waals surface area (Å²) in [5.74, 6) is 0. The van der Waals surface area contributed by atoms with Gasteiger partial charge in [-0.2, -0.15) is 0 Å². The maximum Gasteiger partial charge on any atom is 0.182 e. The van der Waals surface area contributed by atoms with Crippen molar-refractivity contribution in [2.24, 2.45) is 0 Å². The number of rotatable bonds is 1. The molecule has 0 aliphatic heterocycles. The number of nitrogens with zero attached hydrogens (tertiary/aromatic N) is 1. The highest BCUT2D eigenvalue weighted by Crippen LogP contribution is 2.35. The fourth-order valence-corrected chi connectivity index (χ4v) is 3.07. The Morgan fingerprint density at radius 1 is 0.800 bits per heavy atom. The maximum absolute atomic E-state index is 11.3. The van der Waals surface area contributed by atoms with Crippen LogP contribution in [-0.4, -0.2) is 18.0 Å². The average Bonchev–Trinajstić information content (AvgIpc) is 2.46. The van der Waals surface area contributed by atoms with Crippen LogP contribution in [0.1, 0.15) is 5.56 Å². The van der Waals surface area contributed by atoms with Crippen LogP contribution in [-0.2, 0) is 0 Å². The Balaban J connectivity index is 2.29. The largest absolute Gasteiger partial charge is 0.624 e. The van der Waals surface area contributed by atoms with Crippen LogP contribution in [0.25, 0.3) is 32.3 Å². The van der Waals surface area contributed by atoms with E-state index in [0.717, 1.165) is 15.7 Å². The highest BCUT2D eigenvalue weighted by Gasteiger charge is 2.10. The number of hydrogen-bond acceptors (Lipinski definition) is 1. The van der Waals surface area contributed by atoms with Crippen LogP contribution in [0.3, 0.4) is 0 Å². The van der Waals surface area contributed by atoms with E-state index in [2.05, 4.69) is 48.5 Å². The van der Waals surface area contributed by atoms with Crippen molar-refractivity contribution in [1.82, 2.24) is 0 Å². The molecule has 20 heavy (non-hydrogen) atoms. The van der Waals surface area contributed by atoms with Gasteiger partial charge in [-0.3, -0.25) is 0 Å². The molecular weight excluding hydrogens is 246 g/mol. The normalized spacial score (nSPS) is 12.8. The van der Waals surface area contributed by atoms with Crippen molar-refractivity contribution in [3.63, 3.8) is 0 Å². The SMILES string of the molecule is C/[N+]([O-])=C/c1ccc2ccc3cccc4ccc1c2c34. The lowest BCUT2D eigenvalue weighted by Gasteiger charge is -2.11. The predicted octanol–water partition coefficient (Wildman–Crippen LogP) is 4.14. The van der Waals surface area contributed by atoms with Crippen LogP contribution < -0.4 is 0 Å². The summed E-state index contributed by atoms with van der Waals surface area (Å²) in [5, 5.41) is 18.7. The van der Waals surface area contributed by atoms with Gasteiger partial charge < -0.3 is 5.21 Å². The van der Waals surface area contributed by atoms with E-state index in [0.29, 0.717) is 0 Å². The molecule has 2 heteroatoms. The van der Waals surface area contributed by atoms with Gasteiger partial charge in [-0.25, -0.2) is 4.74 Å². The van der Waals surface area contributed by atoms with E-state index in [-0.39, 0.29) is 0 Å². The van der Waals surface area contributed by atoms with Gasteiger partial charge in [0.2, 0.25) is 0 Å². The van der Waals surface area contributed by atoms with Crippen molar-refractivity contribution in [3.05, 3.63) is 65.4 Å². The van der Waals surface area contributed by atoms with Gasteiger partial charge in [-0.05, 0) is 38.4 Å². The molecule has 0 radical (unpaired) electrons. The lowest BCUT2D eigenvalue weighted by Crippen LogP contribution is -1.98. The molecule has 0 saturated carbocycles. The molecule has 0 atom stereocenters. The highest BCUT2D eigenvalue weighted by molar-refractivity contribution is 6.25. The first kappa shape index (κ1) is 11.2. The Bertz CT molecular complexity index is 949. The molecule has 0 amide bonds. The first-order valence-corrected chi connectivity index (χ1v) is 6.65. The van der Waals surface area contributed by atoms with Crippen LogP contribution in [0.4, 0.5) is 0 Å². The molecule has 0 N–H and O–H groups in total. The van der Waals surface area contributed by atoms with Crippen LogP contribution in [0.15, 0.2) is 54.6 Å². The highest BCUT2D eigenvalue weighted by atomic mass is 16.5. The molecule has 0 aromatic heterocycles. The molecule has 0 heterocycles. The van der Waals surface area contributed by atoms with E-state index >= 15 is 0 Å². The molecule has 4 rings (SSSR count). The molecule has 2 nitrogen and oxygen atoms in total. The van der Waals surface area contributed by atoms with Gasteiger partial charge in [0.05, 0.1) is 0 Å². The molecular formula is C18H13NO. The Labute approximate surface area is 116 Å². The van der Waals surface area contributed by atoms with Crippen molar-refractivity contribution in [3.8, 4) is 0 Å².